The highest BCUT2D eigenvalue weighted by Gasteiger charge is 2.10. The van der Waals surface area contributed by atoms with Gasteiger partial charge in [0.2, 0.25) is 11.8 Å². The first-order chi connectivity index (χ1) is 9.66. The lowest BCUT2D eigenvalue weighted by Crippen LogP contribution is -2.16. The average molecular weight is 340 g/mol. The maximum absolute atomic E-state index is 9.15. The predicted molar refractivity (Wildman–Crippen MR) is 80.1 cm³/mol. The van der Waals surface area contributed by atoms with E-state index < -0.39 is 0 Å². The van der Waals surface area contributed by atoms with Crippen molar-refractivity contribution in [1.29, 1.82) is 0 Å². The summed E-state index contributed by atoms with van der Waals surface area (Å²) >= 11 is 3.46. The summed E-state index contributed by atoms with van der Waals surface area (Å²) in [6, 6.07) is 7.73. The average Bonchev–Trinajstić information content (AvgIpc) is 2.87. The van der Waals surface area contributed by atoms with E-state index >= 15 is 0 Å². The number of hydrogen-bond acceptors (Lipinski definition) is 5. The number of rotatable bonds is 7. The molecule has 20 heavy (non-hydrogen) atoms. The number of halogens is 1. The molecule has 0 spiro atoms. The van der Waals surface area contributed by atoms with Crippen LogP contribution in [0.15, 0.2) is 33.2 Å². The van der Waals surface area contributed by atoms with Crippen molar-refractivity contribution in [1.82, 2.24) is 15.5 Å². The predicted octanol–water partition coefficient (Wildman–Crippen LogP) is 2.75. The van der Waals surface area contributed by atoms with Crippen LogP contribution in [0, 0.1) is 0 Å². The van der Waals surface area contributed by atoms with Crippen LogP contribution in [0.4, 0.5) is 0 Å². The third kappa shape index (κ3) is 4.40. The molecule has 0 bridgehead atoms. The van der Waals surface area contributed by atoms with Gasteiger partial charge in [0.1, 0.15) is 0 Å². The first-order valence-corrected chi connectivity index (χ1v) is 7.42. The smallest absolute Gasteiger partial charge is 0.248 e. The molecule has 0 saturated heterocycles. The fraction of sp³-hybridized carbons (Fsp3) is 0.429. The minimum absolute atomic E-state index is 0.248. The van der Waals surface area contributed by atoms with Gasteiger partial charge in [-0.15, -0.1) is 10.2 Å². The highest BCUT2D eigenvalue weighted by Crippen LogP contribution is 2.26. The normalized spacial score (nSPS) is 12.6. The van der Waals surface area contributed by atoms with Crippen molar-refractivity contribution in [2.24, 2.45) is 0 Å². The molecule has 108 valence electrons. The van der Waals surface area contributed by atoms with E-state index in [1.807, 2.05) is 24.3 Å². The number of benzene rings is 1. The molecule has 0 aliphatic heterocycles. The number of aromatic nitrogens is 2. The fourth-order valence-electron chi connectivity index (χ4n) is 1.79. The van der Waals surface area contributed by atoms with Gasteiger partial charge in [-0.25, -0.2) is 0 Å². The fourth-order valence-corrected chi connectivity index (χ4v) is 2.24. The van der Waals surface area contributed by atoms with Gasteiger partial charge < -0.3 is 14.8 Å². The Morgan fingerprint density at radius 2 is 2.15 bits per heavy atom. The van der Waals surface area contributed by atoms with Gasteiger partial charge in [0.05, 0.1) is 18.2 Å². The summed E-state index contributed by atoms with van der Waals surface area (Å²) in [5.41, 5.74) is 0.889. The van der Waals surface area contributed by atoms with Crippen LogP contribution < -0.4 is 5.32 Å². The van der Waals surface area contributed by atoms with Gasteiger partial charge in [0.25, 0.3) is 0 Å². The molecule has 2 N–H and O–H groups in total. The van der Waals surface area contributed by atoms with Gasteiger partial charge in [-0.3, -0.25) is 0 Å². The Morgan fingerprint density at radius 1 is 1.35 bits per heavy atom. The first-order valence-electron chi connectivity index (χ1n) is 6.63. The molecule has 2 aromatic rings. The van der Waals surface area contributed by atoms with E-state index in [-0.39, 0.29) is 6.10 Å². The van der Waals surface area contributed by atoms with Crippen LogP contribution >= 0.6 is 15.9 Å². The van der Waals surface area contributed by atoms with Gasteiger partial charge in [0, 0.05) is 4.47 Å². The molecule has 1 unspecified atom stereocenters. The second kappa shape index (κ2) is 7.52. The van der Waals surface area contributed by atoms with Gasteiger partial charge >= 0.3 is 0 Å². The van der Waals surface area contributed by atoms with Crippen molar-refractivity contribution in [2.45, 2.75) is 32.4 Å². The van der Waals surface area contributed by atoms with Crippen LogP contribution in [0.2, 0.25) is 0 Å². The molecule has 0 aliphatic carbocycles. The minimum Gasteiger partial charge on any atom is -0.419 e. The van der Waals surface area contributed by atoms with Crippen molar-refractivity contribution in [3.8, 4) is 11.5 Å². The van der Waals surface area contributed by atoms with E-state index in [0.29, 0.717) is 18.3 Å². The second-order valence-electron chi connectivity index (χ2n) is 4.65. The van der Waals surface area contributed by atoms with Crippen molar-refractivity contribution in [2.75, 3.05) is 6.54 Å². The number of aliphatic hydroxyl groups is 1. The molecular weight excluding hydrogens is 322 g/mol. The molecule has 5 nitrogen and oxygen atoms in total. The molecule has 0 radical (unpaired) electrons. The van der Waals surface area contributed by atoms with Gasteiger partial charge in [-0.2, -0.15) is 0 Å². The molecule has 0 amide bonds. The maximum atomic E-state index is 9.15. The van der Waals surface area contributed by atoms with Gasteiger partial charge in [-0.1, -0.05) is 12.1 Å². The summed E-state index contributed by atoms with van der Waals surface area (Å²) in [5.74, 6) is 1.08. The van der Waals surface area contributed by atoms with Crippen LogP contribution in [0.3, 0.4) is 0 Å². The van der Waals surface area contributed by atoms with Crippen LogP contribution in [-0.4, -0.2) is 28.0 Å². The van der Waals surface area contributed by atoms with Crippen molar-refractivity contribution in [3.05, 3.63) is 34.6 Å². The molecule has 2 rings (SSSR count). The summed E-state index contributed by atoms with van der Waals surface area (Å²) in [6.07, 6.45) is 1.46. The summed E-state index contributed by atoms with van der Waals surface area (Å²) in [4.78, 5) is 0. The lowest BCUT2D eigenvalue weighted by molar-refractivity contribution is 0.181. The van der Waals surface area contributed by atoms with Crippen LogP contribution in [0.25, 0.3) is 11.5 Å². The molecule has 0 saturated carbocycles. The standard InChI is InChI=1S/C14H18BrN3O2/c1-10(19)5-4-8-16-9-13-17-18-14(20-13)11-6-2-3-7-12(11)15/h2-3,6-7,10,16,19H,4-5,8-9H2,1H3. The SMILES string of the molecule is CC(O)CCCNCc1nnc(-c2ccccc2Br)o1. The Morgan fingerprint density at radius 3 is 2.90 bits per heavy atom. The highest BCUT2D eigenvalue weighted by molar-refractivity contribution is 9.10. The largest absolute Gasteiger partial charge is 0.419 e. The molecule has 0 aliphatic rings. The summed E-state index contributed by atoms with van der Waals surface area (Å²) < 4.78 is 6.54. The Labute approximate surface area is 126 Å². The van der Waals surface area contributed by atoms with Crippen LogP contribution in [0.5, 0.6) is 0 Å². The van der Waals surface area contributed by atoms with Crippen LogP contribution in [0.1, 0.15) is 25.7 Å². The van der Waals surface area contributed by atoms with E-state index in [0.717, 1.165) is 29.4 Å². The van der Waals surface area contributed by atoms with E-state index in [1.165, 1.54) is 0 Å². The van der Waals surface area contributed by atoms with Gasteiger partial charge in [-0.05, 0) is 54.4 Å². The zero-order valence-electron chi connectivity index (χ0n) is 11.3. The topological polar surface area (TPSA) is 71.2 Å². The third-order valence-electron chi connectivity index (χ3n) is 2.82. The number of nitrogens with zero attached hydrogens (tertiary/aromatic N) is 2. The second-order valence-corrected chi connectivity index (χ2v) is 5.50. The monoisotopic (exact) mass is 339 g/mol. The number of nitrogens with one attached hydrogen (secondary N) is 1. The summed E-state index contributed by atoms with van der Waals surface area (Å²) in [7, 11) is 0. The van der Waals surface area contributed by atoms with Crippen molar-refractivity contribution in [3.63, 3.8) is 0 Å². The summed E-state index contributed by atoms with van der Waals surface area (Å²) in [6.45, 7) is 3.15. The lowest BCUT2D eigenvalue weighted by Gasteiger charge is -2.03. The molecule has 1 aromatic heterocycles. The maximum Gasteiger partial charge on any atom is 0.248 e. The van der Waals surface area contributed by atoms with E-state index in [4.69, 9.17) is 9.52 Å². The van der Waals surface area contributed by atoms with Crippen molar-refractivity contribution >= 4 is 15.9 Å². The Bertz CT molecular complexity index is 543. The number of hydrogen-bond donors (Lipinski definition) is 2. The van der Waals surface area contributed by atoms with Gasteiger partial charge in [0.15, 0.2) is 0 Å². The number of aliphatic hydroxyl groups excluding tert-OH is 1. The Hall–Kier alpha value is -1.24. The van der Waals surface area contributed by atoms with E-state index in [9.17, 15) is 0 Å². The Balaban J connectivity index is 1.85. The summed E-state index contributed by atoms with van der Waals surface area (Å²) in [5, 5.41) is 20.4. The first kappa shape index (κ1) is 15.2. The third-order valence-corrected chi connectivity index (χ3v) is 3.51. The van der Waals surface area contributed by atoms with E-state index in [2.05, 4.69) is 31.4 Å². The quantitative estimate of drug-likeness (QED) is 0.759. The molecule has 0 fully saturated rings. The molecular formula is C14H18BrN3O2. The lowest BCUT2D eigenvalue weighted by atomic mass is 10.2. The minimum atomic E-state index is -0.248. The zero-order chi connectivity index (χ0) is 14.4. The Kier molecular flexibility index (Phi) is 5.70. The molecule has 6 heteroatoms. The molecule has 1 aromatic carbocycles. The molecule has 1 atom stereocenters. The van der Waals surface area contributed by atoms with Crippen LogP contribution in [-0.2, 0) is 6.54 Å². The van der Waals surface area contributed by atoms with E-state index in [1.54, 1.807) is 6.92 Å². The highest BCUT2D eigenvalue weighted by atomic mass is 79.9. The van der Waals surface area contributed by atoms with Crippen molar-refractivity contribution < 1.29 is 9.52 Å². The molecule has 1 heterocycles. The zero-order valence-corrected chi connectivity index (χ0v) is 12.9.